The van der Waals surface area contributed by atoms with Crippen molar-refractivity contribution < 1.29 is 14.6 Å². The molecule has 0 aliphatic carbocycles. The Bertz CT molecular complexity index is 341. The maximum absolute atomic E-state index is 10.8. The Balaban J connectivity index is 2.96. The molecule has 0 fully saturated rings. The van der Waals surface area contributed by atoms with Gasteiger partial charge in [0.1, 0.15) is 17.9 Å². The fourth-order valence-electron chi connectivity index (χ4n) is 0.964. The monoisotopic (exact) mass is 307 g/mol. The molecule has 0 saturated heterocycles. The second-order valence-electron chi connectivity index (χ2n) is 2.58. The molecule has 14 heavy (non-hydrogen) atoms. The van der Waals surface area contributed by atoms with Crippen LogP contribution in [0.25, 0.3) is 0 Å². The Hall–Kier alpha value is -0.820. The highest BCUT2D eigenvalue weighted by molar-refractivity contribution is 14.1. The number of carboxylic acid groups (broad SMARTS) is 1. The molecule has 3 N–H and O–H groups in total. The smallest absolute Gasteiger partial charge is 0.339 e. The van der Waals surface area contributed by atoms with Crippen LogP contribution < -0.4 is 10.5 Å². The van der Waals surface area contributed by atoms with Gasteiger partial charge in [-0.2, -0.15) is 0 Å². The van der Waals surface area contributed by atoms with Crippen molar-refractivity contribution in [1.82, 2.24) is 0 Å². The third-order valence-electron chi connectivity index (χ3n) is 1.55. The Morgan fingerprint density at radius 1 is 1.57 bits per heavy atom. The predicted molar refractivity (Wildman–Crippen MR) is 60.7 cm³/mol. The number of nitrogens with two attached hydrogens (primary N) is 1. The Morgan fingerprint density at radius 3 is 2.86 bits per heavy atom. The zero-order chi connectivity index (χ0) is 10.6. The number of halogens is 1. The summed E-state index contributed by atoms with van der Waals surface area (Å²) in [6.45, 7) is 0.686. The molecule has 0 radical (unpaired) electrons. The molecular weight excluding hydrogens is 297 g/mol. The van der Waals surface area contributed by atoms with Gasteiger partial charge in [-0.3, -0.25) is 0 Å². The molecule has 0 unspecified atom stereocenters. The second kappa shape index (κ2) is 5.16. The molecule has 0 aromatic heterocycles. The molecular formula is C9H10INO3. The molecule has 0 bridgehead atoms. The number of rotatable bonds is 4. The van der Waals surface area contributed by atoms with Gasteiger partial charge in [-0.25, -0.2) is 4.79 Å². The SMILES string of the molecule is NCCOc1ccc(I)cc1C(=O)O. The number of ether oxygens (including phenoxy) is 1. The number of aromatic carboxylic acids is 1. The lowest BCUT2D eigenvalue weighted by Gasteiger charge is -2.07. The number of hydrogen-bond donors (Lipinski definition) is 2. The summed E-state index contributed by atoms with van der Waals surface area (Å²) in [5.74, 6) is -0.626. The first-order valence-electron chi connectivity index (χ1n) is 4.01. The molecule has 0 amide bonds. The first-order valence-corrected chi connectivity index (χ1v) is 5.08. The number of carboxylic acids is 1. The topological polar surface area (TPSA) is 72.5 Å². The highest BCUT2D eigenvalue weighted by Crippen LogP contribution is 2.21. The maximum atomic E-state index is 10.8. The van der Waals surface area contributed by atoms with Gasteiger partial charge in [0.2, 0.25) is 0 Å². The van der Waals surface area contributed by atoms with Crippen molar-refractivity contribution in [2.45, 2.75) is 0 Å². The first-order chi connectivity index (χ1) is 6.65. The van der Waals surface area contributed by atoms with Gasteiger partial charge in [0.25, 0.3) is 0 Å². The van der Waals surface area contributed by atoms with Gasteiger partial charge in [-0.1, -0.05) is 0 Å². The van der Waals surface area contributed by atoms with Crippen LogP contribution in [-0.4, -0.2) is 24.2 Å². The van der Waals surface area contributed by atoms with Crippen molar-refractivity contribution in [3.8, 4) is 5.75 Å². The van der Waals surface area contributed by atoms with E-state index in [4.69, 9.17) is 15.6 Å². The summed E-state index contributed by atoms with van der Waals surface area (Å²) in [5.41, 5.74) is 5.43. The van der Waals surface area contributed by atoms with E-state index in [0.717, 1.165) is 3.57 Å². The van der Waals surface area contributed by atoms with Crippen molar-refractivity contribution in [1.29, 1.82) is 0 Å². The van der Waals surface area contributed by atoms with Gasteiger partial charge in [0.05, 0.1) is 0 Å². The molecule has 0 aliphatic rings. The Morgan fingerprint density at radius 2 is 2.29 bits per heavy atom. The van der Waals surface area contributed by atoms with Gasteiger partial charge in [0, 0.05) is 10.1 Å². The second-order valence-corrected chi connectivity index (χ2v) is 3.83. The van der Waals surface area contributed by atoms with E-state index in [-0.39, 0.29) is 5.56 Å². The van der Waals surface area contributed by atoms with Gasteiger partial charge in [0.15, 0.2) is 0 Å². The van der Waals surface area contributed by atoms with Crippen molar-refractivity contribution in [3.05, 3.63) is 27.3 Å². The molecule has 76 valence electrons. The lowest BCUT2D eigenvalue weighted by atomic mass is 10.2. The van der Waals surface area contributed by atoms with E-state index in [2.05, 4.69) is 0 Å². The maximum Gasteiger partial charge on any atom is 0.339 e. The van der Waals surface area contributed by atoms with Crippen molar-refractivity contribution >= 4 is 28.6 Å². The van der Waals surface area contributed by atoms with E-state index in [0.29, 0.717) is 18.9 Å². The summed E-state index contributed by atoms with van der Waals surface area (Å²) in [6, 6.07) is 4.99. The summed E-state index contributed by atoms with van der Waals surface area (Å²) in [6.07, 6.45) is 0. The van der Waals surface area contributed by atoms with Crippen molar-refractivity contribution in [2.75, 3.05) is 13.2 Å². The average molecular weight is 307 g/mol. The molecule has 1 aromatic carbocycles. The minimum atomic E-state index is -0.990. The van der Waals surface area contributed by atoms with Gasteiger partial charge in [-0.05, 0) is 40.8 Å². The number of carbonyl (C=O) groups is 1. The minimum absolute atomic E-state index is 0.172. The number of hydrogen-bond acceptors (Lipinski definition) is 3. The molecule has 5 heteroatoms. The Kier molecular flexibility index (Phi) is 4.15. The molecule has 0 atom stereocenters. The van der Waals surface area contributed by atoms with Gasteiger partial charge < -0.3 is 15.6 Å². The van der Waals surface area contributed by atoms with Crippen LogP contribution in [0.1, 0.15) is 10.4 Å². The largest absolute Gasteiger partial charge is 0.491 e. The summed E-state index contributed by atoms with van der Waals surface area (Å²) >= 11 is 2.05. The lowest BCUT2D eigenvalue weighted by molar-refractivity contribution is 0.0692. The summed E-state index contributed by atoms with van der Waals surface area (Å²) in [7, 11) is 0. The lowest BCUT2D eigenvalue weighted by Crippen LogP contribution is -2.12. The Labute approximate surface area is 95.2 Å². The normalized spacial score (nSPS) is 9.86. The average Bonchev–Trinajstić information content (AvgIpc) is 2.15. The molecule has 4 nitrogen and oxygen atoms in total. The fourth-order valence-corrected chi connectivity index (χ4v) is 1.46. The first kappa shape index (κ1) is 11.3. The molecule has 1 aromatic rings. The van der Waals surface area contributed by atoms with Crippen LogP contribution in [0, 0.1) is 3.57 Å². The van der Waals surface area contributed by atoms with E-state index >= 15 is 0 Å². The fraction of sp³-hybridized carbons (Fsp3) is 0.222. The van der Waals surface area contributed by atoms with Crippen LogP contribution in [0.4, 0.5) is 0 Å². The van der Waals surface area contributed by atoms with Crippen LogP contribution in [0.15, 0.2) is 18.2 Å². The highest BCUT2D eigenvalue weighted by atomic mass is 127. The standard InChI is InChI=1S/C9H10INO3/c10-6-1-2-8(14-4-3-11)7(5-6)9(12)13/h1-2,5H,3-4,11H2,(H,12,13). The zero-order valence-electron chi connectivity index (χ0n) is 7.37. The van der Waals surface area contributed by atoms with E-state index in [1.807, 2.05) is 22.6 Å². The zero-order valence-corrected chi connectivity index (χ0v) is 9.52. The third-order valence-corrected chi connectivity index (χ3v) is 2.22. The predicted octanol–water partition coefficient (Wildman–Crippen LogP) is 1.33. The van der Waals surface area contributed by atoms with Crippen LogP contribution in [0.5, 0.6) is 5.75 Å². The number of benzene rings is 1. The highest BCUT2D eigenvalue weighted by Gasteiger charge is 2.11. The van der Waals surface area contributed by atoms with Gasteiger partial charge >= 0.3 is 5.97 Å². The summed E-state index contributed by atoms with van der Waals surface area (Å²) < 4.78 is 6.05. The molecule has 0 spiro atoms. The summed E-state index contributed by atoms with van der Waals surface area (Å²) in [4.78, 5) is 10.8. The quantitative estimate of drug-likeness (QED) is 0.823. The van der Waals surface area contributed by atoms with Gasteiger partial charge in [-0.15, -0.1) is 0 Å². The van der Waals surface area contributed by atoms with Crippen LogP contribution in [-0.2, 0) is 0 Å². The van der Waals surface area contributed by atoms with E-state index in [9.17, 15) is 4.79 Å². The van der Waals surface area contributed by atoms with Crippen LogP contribution in [0.3, 0.4) is 0 Å². The summed E-state index contributed by atoms with van der Waals surface area (Å²) in [5, 5.41) is 8.87. The van der Waals surface area contributed by atoms with Crippen molar-refractivity contribution in [2.24, 2.45) is 5.73 Å². The van der Waals surface area contributed by atoms with E-state index in [1.165, 1.54) is 0 Å². The molecule has 1 rings (SSSR count). The minimum Gasteiger partial charge on any atom is -0.491 e. The van der Waals surface area contributed by atoms with E-state index in [1.54, 1.807) is 18.2 Å². The van der Waals surface area contributed by atoms with Crippen LogP contribution in [0.2, 0.25) is 0 Å². The third kappa shape index (κ3) is 2.85. The molecule has 0 heterocycles. The van der Waals surface area contributed by atoms with Crippen molar-refractivity contribution in [3.63, 3.8) is 0 Å². The molecule has 0 saturated carbocycles. The van der Waals surface area contributed by atoms with Crippen LogP contribution >= 0.6 is 22.6 Å². The molecule has 0 aliphatic heterocycles. The van der Waals surface area contributed by atoms with E-state index < -0.39 is 5.97 Å².